The number of hydrogen-bond donors (Lipinski definition) is 2. The molecule has 0 saturated heterocycles. The smallest absolute Gasteiger partial charge is 0.279 e. The van der Waals surface area contributed by atoms with Gasteiger partial charge in [-0.25, -0.2) is 0 Å². The molecule has 1 aliphatic heterocycles. The molecule has 0 fully saturated rings. The molecule has 1 heterocycles. The number of thioether (sulfide) groups is 1. The lowest BCUT2D eigenvalue weighted by Gasteiger charge is -2.00. The lowest BCUT2D eigenvalue weighted by molar-refractivity contribution is 0.480. The van der Waals surface area contributed by atoms with Crippen molar-refractivity contribution in [3.63, 3.8) is 0 Å². The van der Waals surface area contributed by atoms with E-state index in [1.54, 1.807) is 0 Å². The summed E-state index contributed by atoms with van der Waals surface area (Å²) < 4.78 is 28.3. The molecular formula is C3H6N2O3S2. The van der Waals surface area contributed by atoms with Crippen molar-refractivity contribution >= 4 is 27.0 Å². The van der Waals surface area contributed by atoms with Gasteiger partial charge in [0.2, 0.25) is 0 Å². The standard InChI is InChI=1S/C3H6N2O3S2/c4-3-5-1-2(9-3)10(6,7)8/h2H,1H2,(H2,4,5)(H,6,7,8). The van der Waals surface area contributed by atoms with Gasteiger partial charge in [0, 0.05) is 0 Å². The van der Waals surface area contributed by atoms with Crippen molar-refractivity contribution in [1.82, 2.24) is 0 Å². The van der Waals surface area contributed by atoms with E-state index >= 15 is 0 Å². The summed E-state index contributed by atoms with van der Waals surface area (Å²) in [5.74, 6) is 0. The normalized spacial score (nSPS) is 26.5. The predicted molar refractivity (Wildman–Crippen MR) is 39.4 cm³/mol. The van der Waals surface area contributed by atoms with Crippen molar-refractivity contribution in [3.05, 3.63) is 0 Å². The minimum Gasteiger partial charge on any atom is -0.379 e. The Labute approximate surface area is 62.5 Å². The van der Waals surface area contributed by atoms with Crippen molar-refractivity contribution < 1.29 is 13.0 Å². The van der Waals surface area contributed by atoms with E-state index in [0.29, 0.717) is 0 Å². The third-order valence-corrected chi connectivity index (χ3v) is 3.59. The van der Waals surface area contributed by atoms with Gasteiger partial charge in [-0.1, -0.05) is 11.8 Å². The molecule has 0 bridgehead atoms. The van der Waals surface area contributed by atoms with Crippen LogP contribution in [0.4, 0.5) is 0 Å². The van der Waals surface area contributed by atoms with E-state index in [9.17, 15) is 8.42 Å². The van der Waals surface area contributed by atoms with Crippen molar-refractivity contribution in [1.29, 1.82) is 0 Å². The Morgan fingerprint density at radius 1 is 1.80 bits per heavy atom. The number of amidine groups is 1. The quantitative estimate of drug-likeness (QED) is 0.521. The van der Waals surface area contributed by atoms with Gasteiger partial charge in [0.15, 0.2) is 9.75 Å². The van der Waals surface area contributed by atoms with Gasteiger partial charge in [-0.15, -0.1) is 0 Å². The second-order valence-electron chi connectivity index (χ2n) is 1.74. The van der Waals surface area contributed by atoms with Crippen LogP contribution in [0.5, 0.6) is 0 Å². The number of nitrogens with two attached hydrogens (primary N) is 1. The van der Waals surface area contributed by atoms with Gasteiger partial charge < -0.3 is 5.73 Å². The van der Waals surface area contributed by atoms with E-state index < -0.39 is 14.7 Å². The Balaban J connectivity index is 2.68. The third-order valence-electron chi connectivity index (χ3n) is 0.981. The van der Waals surface area contributed by atoms with Crippen LogP contribution >= 0.6 is 11.8 Å². The van der Waals surface area contributed by atoms with E-state index in [0.717, 1.165) is 11.8 Å². The van der Waals surface area contributed by atoms with E-state index in [4.69, 9.17) is 10.3 Å². The van der Waals surface area contributed by atoms with Gasteiger partial charge in [0.25, 0.3) is 10.1 Å². The number of hydrogen-bond acceptors (Lipinski definition) is 5. The molecule has 3 N–H and O–H groups in total. The third kappa shape index (κ3) is 1.61. The van der Waals surface area contributed by atoms with Crippen LogP contribution in [-0.2, 0) is 10.1 Å². The average Bonchev–Trinajstić information content (AvgIpc) is 2.11. The Hall–Kier alpha value is -0.270. The summed E-state index contributed by atoms with van der Waals surface area (Å²) in [5, 5.41) is 0.211. The zero-order chi connectivity index (χ0) is 7.78. The Morgan fingerprint density at radius 2 is 2.40 bits per heavy atom. The van der Waals surface area contributed by atoms with Crippen molar-refractivity contribution in [2.24, 2.45) is 10.7 Å². The summed E-state index contributed by atoms with van der Waals surface area (Å²) in [4.78, 5) is 3.60. The molecule has 1 rings (SSSR count). The first-order chi connectivity index (χ1) is 4.50. The highest BCUT2D eigenvalue weighted by molar-refractivity contribution is 8.22. The second-order valence-corrected chi connectivity index (χ2v) is 4.86. The Morgan fingerprint density at radius 3 is 2.60 bits per heavy atom. The van der Waals surface area contributed by atoms with E-state index in [-0.39, 0.29) is 11.7 Å². The monoisotopic (exact) mass is 182 g/mol. The van der Waals surface area contributed by atoms with Crippen LogP contribution in [-0.4, -0.2) is 29.3 Å². The highest BCUT2D eigenvalue weighted by Crippen LogP contribution is 2.21. The molecular weight excluding hydrogens is 176 g/mol. The Kier molecular flexibility index (Phi) is 1.88. The molecule has 0 aliphatic carbocycles. The fourth-order valence-corrected chi connectivity index (χ4v) is 2.14. The fourth-order valence-electron chi connectivity index (χ4n) is 0.529. The highest BCUT2D eigenvalue weighted by atomic mass is 32.3. The molecule has 0 spiro atoms. The summed E-state index contributed by atoms with van der Waals surface area (Å²) in [6, 6.07) is 0. The largest absolute Gasteiger partial charge is 0.379 e. The summed E-state index contributed by atoms with van der Waals surface area (Å²) in [5.41, 5.74) is 5.16. The summed E-state index contributed by atoms with van der Waals surface area (Å²) in [6.45, 7) is 0.0509. The molecule has 1 unspecified atom stereocenters. The van der Waals surface area contributed by atoms with Gasteiger partial charge in [0.1, 0.15) is 0 Å². The van der Waals surface area contributed by atoms with Crippen LogP contribution < -0.4 is 5.73 Å². The molecule has 58 valence electrons. The van der Waals surface area contributed by atoms with Gasteiger partial charge in [-0.2, -0.15) is 8.42 Å². The lowest BCUT2D eigenvalue weighted by Crippen LogP contribution is -2.17. The minimum absolute atomic E-state index is 0.0509. The maximum absolute atomic E-state index is 10.4. The first-order valence-corrected chi connectivity index (χ1v) is 4.81. The average molecular weight is 182 g/mol. The zero-order valence-corrected chi connectivity index (χ0v) is 6.52. The molecule has 0 saturated carbocycles. The second kappa shape index (κ2) is 2.40. The number of aliphatic imine (C=N–C) groups is 1. The van der Waals surface area contributed by atoms with Crippen molar-refractivity contribution in [3.8, 4) is 0 Å². The topological polar surface area (TPSA) is 92.8 Å². The van der Waals surface area contributed by atoms with Crippen LogP contribution in [0.3, 0.4) is 0 Å². The van der Waals surface area contributed by atoms with E-state index in [1.807, 2.05) is 0 Å². The van der Waals surface area contributed by atoms with Gasteiger partial charge in [-0.3, -0.25) is 9.55 Å². The SMILES string of the molecule is NC1=NCC(S(=O)(=O)O)S1. The van der Waals surface area contributed by atoms with Gasteiger partial charge in [-0.05, 0) is 0 Å². The number of nitrogens with zero attached hydrogens (tertiary/aromatic N) is 1. The molecule has 0 amide bonds. The summed E-state index contributed by atoms with van der Waals surface area (Å²) in [6.07, 6.45) is 0. The van der Waals surface area contributed by atoms with E-state index in [1.165, 1.54) is 0 Å². The van der Waals surface area contributed by atoms with Gasteiger partial charge >= 0.3 is 0 Å². The molecule has 10 heavy (non-hydrogen) atoms. The van der Waals surface area contributed by atoms with Crippen LogP contribution in [0.15, 0.2) is 4.99 Å². The Bertz CT molecular complexity index is 257. The first kappa shape index (κ1) is 7.83. The van der Waals surface area contributed by atoms with Crippen LogP contribution in [0, 0.1) is 0 Å². The number of rotatable bonds is 1. The highest BCUT2D eigenvalue weighted by Gasteiger charge is 2.28. The van der Waals surface area contributed by atoms with Crippen LogP contribution in [0.2, 0.25) is 0 Å². The molecule has 1 atom stereocenters. The van der Waals surface area contributed by atoms with Crippen molar-refractivity contribution in [2.45, 2.75) is 4.58 Å². The minimum atomic E-state index is -3.97. The molecule has 0 radical (unpaired) electrons. The molecule has 0 aromatic rings. The maximum Gasteiger partial charge on any atom is 0.279 e. The summed E-state index contributed by atoms with van der Waals surface area (Å²) >= 11 is 0.862. The zero-order valence-electron chi connectivity index (χ0n) is 4.89. The van der Waals surface area contributed by atoms with Gasteiger partial charge in [0.05, 0.1) is 6.54 Å². The molecule has 1 aliphatic rings. The van der Waals surface area contributed by atoms with E-state index in [2.05, 4.69) is 4.99 Å². The maximum atomic E-state index is 10.4. The molecule has 0 aromatic carbocycles. The molecule has 7 heteroatoms. The lowest BCUT2D eigenvalue weighted by atomic mass is 10.8. The van der Waals surface area contributed by atoms with Crippen LogP contribution in [0.1, 0.15) is 0 Å². The van der Waals surface area contributed by atoms with Crippen molar-refractivity contribution in [2.75, 3.05) is 6.54 Å². The first-order valence-electron chi connectivity index (χ1n) is 2.43. The predicted octanol–water partition coefficient (Wildman–Crippen LogP) is -0.738. The molecule has 5 nitrogen and oxygen atoms in total. The summed E-state index contributed by atoms with van der Waals surface area (Å²) in [7, 11) is -3.97. The molecule has 0 aromatic heterocycles. The fraction of sp³-hybridized carbons (Fsp3) is 0.667. The van der Waals surface area contributed by atoms with Crippen LogP contribution in [0.25, 0.3) is 0 Å².